The van der Waals surface area contributed by atoms with Crippen LogP contribution in [0.1, 0.15) is 31.0 Å². The van der Waals surface area contributed by atoms with E-state index < -0.39 is 0 Å². The van der Waals surface area contributed by atoms with Crippen LogP contribution in [0.2, 0.25) is 0 Å². The molecule has 0 aliphatic heterocycles. The van der Waals surface area contributed by atoms with Crippen LogP contribution in [-0.4, -0.2) is 13.2 Å². The predicted octanol–water partition coefficient (Wildman–Crippen LogP) is 4.69. The Morgan fingerprint density at radius 2 is 1.90 bits per heavy atom. The van der Waals surface area contributed by atoms with Crippen LogP contribution < -0.4 is 10.1 Å². The molecule has 2 rings (SSSR count). The normalized spacial score (nSPS) is 12.2. The van der Waals surface area contributed by atoms with Gasteiger partial charge in [0.2, 0.25) is 0 Å². The smallest absolute Gasteiger partial charge is 0.129 e. The van der Waals surface area contributed by atoms with Crippen LogP contribution in [0.5, 0.6) is 5.75 Å². The standard InChI is InChI=1S/C17H19BrFNO/c1-3-20-17(16-13(18)9-7-10-14(16)19)12-8-5-6-11-15(12)21-4-2/h5-11,17,20H,3-4H2,1-2H3. The van der Waals surface area contributed by atoms with E-state index in [2.05, 4.69) is 21.2 Å². The highest BCUT2D eigenvalue weighted by atomic mass is 79.9. The SMILES string of the molecule is CCNC(c1ccccc1OCC)c1c(F)cccc1Br. The number of benzene rings is 2. The van der Waals surface area contributed by atoms with Crippen molar-refractivity contribution in [1.29, 1.82) is 0 Å². The first kappa shape index (κ1) is 16.0. The van der Waals surface area contributed by atoms with Gasteiger partial charge in [-0.2, -0.15) is 0 Å². The molecule has 1 unspecified atom stereocenters. The Morgan fingerprint density at radius 3 is 2.57 bits per heavy atom. The minimum Gasteiger partial charge on any atom is -0.494 e. The van der Waals surface area contributed by atoms with E-state index in [9.17, 15) is 4.39 Å². The second-order valence-electron chi connectivity index (χ2n) is 4.60. The van der Waals surface area contributed by atoms with Crippen LogP contribution in [0.15, 0.2) is 46.9 Å². The summed E-state index contributed by atoms with van der Waals surface area (Å²) in [4.78, 5) is 0. The maximum atomic E-state index is 14.3. The second kappa shape index (κ2) is 7.57. The quantitative estimate of drug-likeness (QED) is 0.815. The molecule has 1 N–H and O–H groups in total. The van der Waals surface area contributed by atoms with E-state index >= 15 is 0 Å². The Kier molecular flexibility index (Phi) is 5.76. The van der Waals surface area contributed by atoms with E-state index in [1.54, 1.807) is 6.07 Å². The van der Waals surface area contributed by atoms with Crippen LogP contribution in [0.3, 0.4) is 0 Å². The third kappa shape index (κ3) is 3.63. The molecule has 21 heavy (non-hydrogen) atoms. The molecule has 1 atom stereocenters. The summed E-state index contributed by atoms with van der Waals surface area (Å²) < 4.78 is 20.8. The summed E-state index contributed by atoms with van der Waals surface area (Å²) in [6.45, 7) is 5.25. The van der Waals surface area contributed by atoms with Gasteiger partial charge in [0.15, 0.2) is 0 Å². The fourth-order valence-corrected chi connectivity index (χ4v) is 2.94. The van der Waals surface area contributed by atoms with Gasteiger partial charge >= 0.3 is 0 Å². The van der Waals surface area contributed by atoms with Gasteiger partial charge in [-0.05, 0) is 31.7 Å². The van der Waals surface area contributed by atoms with Crippen molar-refractivity contribution in [2.75, 3.05) is 13.2 Å². The zero-order chi connectivity index (χ0) is 15.2. The lowest BCUT2D eigenvalue weighted by molar-refractivity contribution is 0.333. The predicted molar refractivity (Wildman–Crippen MR) is 87.2 cm³/mol. The molecule has 2 aromatic carbocycles. The van der Waals surface area contributed by atoms with Crippen LogP contribution in [0.25, 0.3) is 0 Å². The lowest BCUT2D eigenvalue weighted by Gasteiger charge is -2.23. The minimum absolute atomic E-state index is 0.235. The van der Waals surface area contributed by atoms with Gasteiger partial charge in [-0.3, -0.25) is 0 Å². The summed E-state index contributed by atoms with van der Waals surface area (Å²) in [6.07, 6.45) is 0. The number of hydrogen-bond donors (Lipinski definition) is 1. The summed E-state index contributed by atoms with van der Waals surface area (Å²) in [5.41, 5.74) is 1.54. The van der Waals surface area contributed by atoms with E-state index in [0.29, 0.717) is 12.2 Å². The molecule has 0 aliphatic carbocycles. The Labute approximate surface area is 133 Å². The van der Waals surface area contributed by atoms with Gasteiger partial charge in [0.25, 0.3) is 0 Å². The molecule has 0 amide bonds. The molecule has 0 aliphatic rings. The Balaban J connectivity index is 2.54. The number of para-hydroxylation sites is 1. The number of ether oxygens (including phenoxy) is 1. The molecule has 0 saturated carbocycles. The highest BCUT2D eigenvalue weighted by molar-refractivity contribution is 9.10. The van der Waals surface area contributed by atoms with Crippen molar-refractivity contribution in [2.45, 2.75) is 19.9 Å². The maximum absolute atomic E-state index is 14.3. The van der Waals surface area contributed by atoms with Gasteiger partial charge in [0, 0.05) is 15.6 Å². The van der Waals surface area contributed by atoms with Crippen molar-refractivity contribution in [3.05, 3.63) is 63.9 Å². The topological polar surface area (TPSA) is 21.3 Å². The molecule has 0 aromatic heterocycles. The lowest BCUT2D eigenvalue weighted by Crippen LogP contribution is -2.24. The van der Waals surface area contributed by atoms with Crippen molar-refractivity contribution in [2.24, 2.45) is 0 Å². The number of rotatable bonds is 6. The average Bonchev–Trinajstić information content (AvgIpc) is 2.47. The number of hydrogen-bond acceptors (Lipinski definition) is 2. The molecule has 4 heteroatoms. The first-order valence-electron chi connectivity index (χ1n) is 7.08. The van der Waals surface area contributed by atoms with Gasteiger partial charge in [-0.25, -0.2) is 4.39 Å². The summed E-state index contributed by atoms with van der Waals surface area (Å²) in [5.74, 6) is 0.544. The molecule has 112 valence electrons. The van der Waals surface area contributed by atoms with Crippen LogP contribution >= 0.6 is 15.9 Å². The molecular formula is C17H19BrFNO. The highest BCUT2D eigenvalue weighted by Gasteiger charge is 2.22. The summed E-state index contributed by atoms with van der Waals surface area (Å²) in [7, 11) is 0. The summed E-state index contributed by atoms with van der Waals surface area (Å²) in [6, 6.07) is 12.5. The van der Waals surface area contributed by atoms with Gasteiger partial charge in [-0.1, -0.05) is 47.1 Å². The van der Waals surface area contributed by atoms with E-state index in [-0.39, 0.29) is 11.9 Å². The van der Waals surface area contributed by atoms with E-state index in [0.717, 1.165) is 22.3 Å². The van der Waals surface area contributed by atoms with Crippen LogP contribution in [-0.2, 0) is 0 Å². The van der Waals surface area contributed by atoms with Crippen LogP contribution in [0.4, 0.5) is 4.39 Å². The van der Waals surface area contributed by atoms with E-state index in [1.807, 2.05) is 44.2 Å². The van der Waals surface area contributed by atoms with Crippen molar-refractivity contribution in [3.63, 3.8) is 0 Å². The summed E-state index contributed by atoms with van der Waals surface area (Å²) in [5, 5.41) is 3.35. The lowest BCUT2D eigenvalue weighted by atomic mass is 9.97. The zero-order valence-electron chi connectivity index (χ0n) is 12.2. The molecule has 0 heterocycles. The molecule has 2 nitrogen and oxygen atoms in total. The largest absolute Gasteiger partial charge is 0.494 e. The molecule has 0 radical (unpaired) electrons. The third-order valence-corrected chi connectivity index (χ3v) is 3.92. The monoisotopic (exact) mass is 351 g/mol. The molecule has 0 saturated heterocycles. The number of halogens is 2. The highest BCUT2D eigenvalue weighted by Crippen LogP contribution is 2.35. The average molecular weight is 352 g/mol. The number of nitrogens with one attached hydrogen (secondary N) is 1. The molecule has 2 aromatic rings. The van der Waals surface area contributed by atoms with Crippen molar-refractivity contribution in [3.8, 4) is 5.75 Å². The Hall–Kier alpha value is -1.39. The van der Waals surface area contributed by atoms with Crippen molar-refractivity contribution < 1.29 is 9.13 Å². The maximum Gasteiger partial charge on any atom is 0.129 e. The fraction of sp³-hybridized carbons (Fsp3) is 0.294. The molecular weight excluding hydrogens is 333 g/mol. The van der Waals surface area contributed by atoms with Gasteiger partial charge in [-0.15, -0.1) is 0 Å². The Bertz CT molecular complexity index is 583. The first-order chi connectivity index (χ1) is 10.2. The second-order valence-corrected chi connectivity index (χ2v) is 5.45. The van der Waals surface area contributed by atoms with Gasteiger partial charge in [0.1, 0.15) is 11.6 Å². The molecule has 0 fully saturated rings. The van der Waals surface area contributed by atoms with E-state index in [4.69, 9.17) is 4.74 Å². The van der Waals surface area contributed by atoms with Crippen molar-refractivity contribution in [1.82, 2.24) is 5.32 Å². The van der Waals surface area contributed by atoms with E-state index in [1.165, 1.54) is 6.07 Å². The molecule has 0 spiro atoms. The van der Waals surface area contributed by atoms with Gasteiger partial charge in [0.05, 0.1) is 12.6 Å². The van der Waals surface area contributed by atoms with Crippen LogP contribution in [0, 0.1) is 5.82 Å². The Morgan fingerprint density at radius 1 is 1.14 bits per heavy atom. The van der Waals surface area contributed by atoms with Gasteiger partial charge < -0.3 is 10.1 Å². The van der Waals surface area contributed by atoms with Crippen molar-refractivity contribution >= 4 is 15.9 Å². The fourth-order valence-electron chi connectivity index (χ4n) is 2.36. The molecule has 0 bridgehead atoms. The zero-order valence-corrected chi connectivity index (χ0v) is 13.8. The first-order valence-corrected chi connectivity index (χ1v) is 7.87. The third-order valence-electron chi connectivity index (χ3n) is 3.23. The summed E-state index contributed by atoms with van der Waals surface area (Å²) >= 11 is 3.46. The minimum atomic E-state index is -0.256.